The summed E-state index contributed by atoms with van der Waals surface area (Å²) in [7, 11) is 0. The third kappa shape index (κ3) is 6.90. The Morgan fingerprint density at radius 2 is 2.15 bits per heavy atom. The van der Waals surface area contributed by atoms with Gasteiger partial charge in [0.25, 0.3) is 0 Å². The highest BCUT2D eigenvalue weighted by atomic mass is 16.6. The van der Waals surface area contributed by atoms with Crippen molar-refractivity contribution in [3.05, 3.63) is 23.8 Å². The van der Waals surface area contributed by atoms with Crippen molar-refractivity contribution in [1.82, 2.24) is 0 Å². The average Bonchev–Trinajstić information content (AvgIpc) is 3.27. The summed E-state index contributed by atoms with van der Waals surface area (Å²) in [6.07, 6.45) is 12.5. The zero-order chi connectivity index (χ0) is 14.8. The molecular formula is C17H28O3. The third-order valence-electron chi connectivity index (χ3n) is 3.54. The number of unbranched alkanes of at least 4 members (excludes halogenated alkanes) is 4. The highest BCUT2D eigenvalue weighted by Crippen LogP contribution is 2.17. The molecule has 2 atom stereocenters. The second-order valence-corrected chi connectivity index (χ2v) is 5.35. The largest absolute Gasteiger partial charge is 0.462 e. The molecule has 114 valence electrons. The predicted molar refractivity (Wildman–Crippen MR) is 81.5 cm³/mol. The number of carbonyl (C=O) groups is 1. The van der Waals surface area contributed by atoms with E-state index in [0.29, 0.717) is 6.61 Å². The molecule has 3 nitrogen and oxygen atoms in total. The predicted octanol–water partition coefficient (Wildman–Crippen LogP) is 4.04. The third-order valence-corrected chi connectivity index (χ3v) is 3.54. The molecule has 0 saturated carbocycles. The van der Waals surface area contributed by atoms with Crippen LogP contribution in [0.3, 0.4) is 0 Å². The SMILES string of the molecule is CC=C(C=CCCCCCC)C(C)C(=O)OCC1CO1. The van der Waals surface area contributed by atoms with Gasteiger partial charge >= 0.3 is 5.97 Å². The summed E-state index contributed by atoms with van der Waals surface area (Å²) in [4.78, 5) is 11.9. The van der Waals surface area contributed by atoms with Crippen LogP contribution in [0.5, 0.6) is 0 Å². The van der Waals surface area contributed by atoms with E-state index in [2.05, 4.69) is 19.1 Å². The van der Waals surface area contributed by atoms with Gasteiger partial charge in [0.2, 0.25) is 0 Å². The van der Waals surface area contributed by atoms with Gasteiger partial charge < -0.3 is 9.47 Å². The van der Waals surface area contributed by atoms with Crippen molar-refractivity contribution < 1.29 is 14.3 Å². The smallest absolute Gasteiger partial charge is 0.313 e. The van der Waals surface area contributed by atoms with Crippen molar-refractivity contribution in [3.63, 3.8) is 0 Å². The number of rotatable bonds is 10. The molecule has 20 heavy (non-hydrogen) atoms. The molecule has 0 spiro atoms. The fourth-order valence-electron chi connectivity index (χ4n) is 2.00. The highest BCUT2D eigenvalue weighted by Gasteiger charge is 2.26. The molecular weight excluding hydrogens is 252 g/mol. The number of carbonyl (C=O) groups excluding carboxylic acids is 1. The Morgan fingerprint density at radius 1 is 1.40 bits per heavy atom. The molecule has 0 radical (unpaired) electrons. The summed E-state index contributed by atoms with van der Waals surface area (Å²) in [5.41, 5.74) is 1.03. The first kappa shape index (κ1) is 17.0. The molecule has 2 unspecified atom stereocenters. The lowest BCUT2D eigenvalue weighted by Crippen LogP contribution is -2.18. The van der Waals surface area contributed by atoms with Crippen molar-refractivity contribution in [2.45, 2.75) is 59.0 Å². The number of ether oxygens (including phenoxy) is 2. The maximum atomic E-state index is 11.9. The summed E-state index contributed by atoms with van der Waals surface area (Å²) in [6.45, 7) is 7.18. The first-order valence-corrected chi connectivity index (χ1v) is 7.80. The zero-order valence-electron chi connectivity index (χ0n) is 13.1. The summed E-state index contributed by atoms with van der Waals surface area (Å²) >= 11 is 0. The first-order chi connectivity index (χ1) is 9.69. The van der Waals surface area contributed by atoms with Crippen LogP contribution in [0.15, 0.2) is 23.8 Å². The molecule has 1 rings (SSSR count). The lowest BCUT2D eigenvalue weighted by Gasteiger charge is -2.11. The normalized spacial score (nSPS) is 20.1. The summed E-state index contributed by atoms with van der Waals surface area (Å²) in [5.74, 6) is -0.366. The van der Waals surface area contributed by atoms with Gasteiger partial charge in [-0.3, -0.25) is 4.79 Å². The van der Waals surface area contributed by atoms with E-state index in [1.807, 2.05) is 19.9 Å². The quantitative estimate of drug-likeness (QED) is 0.262. The van der Waals surface area contributed by atoms with Gasteiger partial charge in [0.05, 0.1) is 12.5 Å². The molecule has 0 aromatic carbocycles. The first-order valence-electron chi connectivity index (χ1n) is 7.80. The maximum absolute atomic E-state index is 11.9. The van der Waals surface area contributed by atoms with Crippen molar-refractivity contribution in [1.29, 1.82) is 0 Å². The summed E-state index contributed by atoms with van der Waals surface area (Å²) < 4.78 is 10.3. The Labute approximate surface area is 123 Å². The van der Waals surface area contributed by atoms with Gasteiger partial charge in [0.1, 0.15) is 12.7 Å². The molecule has 0 aromatic heterocycles. The Balaban J connectivity index is 2.28. The topological polar surface area (TPSA) is 38.8 Å². The lowest BCUT2D eigenvalue weighted by molar-refractivity contribution is -0.147. The van der Waals surface area contributed by atoms with Gasteiger partial charge in [-0.15, -0.1) is 0 Å². The van der Waals surface area contributed by atoms with Crippen LogP contribution in [-0.4, -0.2) is 25.3 Å². The van der Waals surface area contributed by atoms with E-state index in [1.165, 1.54) is 25.7 Å². The minimum Gasteiger partial charge on any atom is -0.462 e. The van der Waals surface area contributed by atoms with E-state index in [-0.39, 0.29) is 18.0 Å². The van der Waals surface area contributed by atoms with Gasteiger partial charge in [0.15, 0.2) is 0 Å². The van der Waals surface area contributed by atoms with E-state index in [1.54, 1.807) is 0 Å². The van der Waals surface area contributed by atoms with Crippen LogP contribution in [0.25, 0.3) is 0 Å². The standard InChI is InChI=1S/C17H28O3/c1-4-6-7-8-9-10-11-15(5-2)14(3)17(18)20-13-16-12-19-16/h5,10-11,14,16H,4,6-9,12-13H2,1-3H3. The fourth-order valence-corrected chi connectivity index (χ4v) is 2.00. The van der Waals surface area contributed by atoms with Crippen molar-refractivity contribution in [2.75, 3.05) is 13.2 Å². The molecule has 0 N–H and O–H groups in total. The second kappa shape index (κ2) is 9.76. The molecule has 0 bridgehead atoms. The Bertz CT molecular complexity index is 340. The molecule has 1 saturated heterocycles. The van der Waals surface area contributed by atoms with E-state index < -0.39 is 0 Å². The van der Waals surface area contributed by atoms with E-state index in [0.717, 1.165) is 18.6 Å². The maximum Gasteiger partial charge on any atom is 0.313 e. The van der Waals surface area contributed by atoms with E-state index in [4.69, 9.17) is 9.47 Å². The minimum atomic E-state index is -0.203. The number of hydrogen-bond acceptors (Lipinski definition) is 3. The minimum absolute atomic E-state index is 0.134. The van der Waals surface area contributed by atoms with Gasteiger partial charge in [-0.1, -0.05) is 44.4 Å². The van der Waals surface area contributed by atoms with Crippen molar-refractivity contribution in [2.24, 2.45) is 5.92 Å². The van der Waals surface area contributed by atoms with Crippen LogP contribution in [0.2, 0.25) is 0 Å². The number of epoxide rings is 1. The molecule has 1 aliphatic heterocycles. The summed E-state index contributed by atoms with van der Waals surface area (Å²) in [5, 5.41) is 0. The fraction of sp³-hybridized carbons (Fsp3) is 0.706. The van der Waals surface area contributed by atoms with Crippen LogP contribution in [0, 0.1) is 5.92 Å². The second-order valence-electron chi connectivity index (χ2n) is 5.35. The van der Waals surface area contributed by atoms with Crippen LogP contribution in [0.1, 0.15) is 52.9 Å². The molecule has 1 fully saturated rings. The average molecular weight is 280 g/mol. The van der Waals surface area contributed by atoms with Gasteiger partial charge in [-0.05, 0) is 32.3 Å². The van der Waals surface area contributed by atoms with E-state index in [9.17, 15) is 4.79 Å². The molecule has 0 amide bonds. The molecule has 1 heterocycles. The monoisotopic (exact) mass is 280 g/mol. The number of hydrogen-bond donors (Lipinski definition) is 0. The van der Waals surface area contributed by atoms with Gasteiger partial charge in [-0.2, -0.15) is 0 Å². The van der Waals surface area contributed by atoms with Crippen LogP contribution >= 0.6 is 0 Å². The van der Waals surface area contributed by atoms with Crippen LogP contribution in [-0.2, 0) is 14.3 Å². The van der Waals surface area contributed by atoms with E-state index >= 15 is 0 Å². The van der Waals surface area contributed by atoms with Crippen molar-refractivity contribution >= 4 is 5.97 Å². The van der Waals surface area contributed by atoms with Gasteiger partial charge in [-0.25, -0.2) is 0 Å². The zero-order valence-corrected chi connectivity index (χ0v) is 13.1. The Kier molecular flexibility index (Phi) is 8.28. The summed E-state index contributed by atoms with van der Waals surface area (Å²) in [6, 6.07) is 0. The van der Waals surface area contributed by atoms with Gasteiger partial charge in [0, 0.05) is 0 Å². The lowest BCUT2D eigenvalue weighted by atomic mass is 10.00. The van der Waals surface area contributed by atoms with Crippen molar-refractivity contribution in [3.8, 4) is 0 Å². The van der Waals surface area contributed by atoms with Crippen LogP contribution in [0.4, 0.5) is 0 Å². The Hall–Kier alpha value is -1.09. The van der Waals surface area contributed by atoms with Crippen LogP contribution < -0.4 is 0 Å². The molecule has 3 heteroatoms. The number of esters is 1. The molecule has 1 aliphatic rings. The highest BCUT2D eigenvalue weighted by molar-refractivity contribution is 5.76. The molecule has 0 aliphatic carbocycles. The number of allylic oxidation sites excluding steroid dienone is 3. The molecule has 0 aromatic rings. The Morgan fingerprint density at radius 3 is 2.75 bits per heavy atom.